The molecule has 94 valence electrons. The molecule has 4 N–H and O–H groups in total. The van der Waals surface area contributed by atoms with Gasteiger partial charge in [0, 0.05) is 18.5 Å². The Kier molecular flexibility index (Phi) is 5.02. The minimum atomic E-state index is -0.452. The summed E-state index contributed by atoms with van der Waals surface area (Å²) in [6.45, 7) is 0.283. The van der Waals surface area contributed by atoms with Gasteiger partial charge in [0.2, 0.25) is 0 Å². The van der Waals surface area contributed by atoms with Crippen LogP contribution in [0.25, 0.3) is 0 Å². The predicted octanol–water partition coefficient (Wildman–Crippen LogP) is 0.591. The van der Waals surface area contributed by atoms with Gasteiger partial charge in [0.25, 0.3) is 0 Å². The molecule has 18 heavy (non-hydrogen) atoms. The number of thiol groups is 1. The van der Waals surface area contributed by atoms with Crippen LogP contribution in [0.4, 0.5) is 4.79 Å². The van der Waals surface area contributed by atoms with E-state index in [-0.39, 0.29) is 12.5 Å². The molecule has 1 rings (SSSR count). The summed E-state index contributed by atoms with van der Waals surface area (Å²) in [5.41, 5.74) is 6.60. The van der Waals surface area contributed by atoms with E-state index in [1.807, 2.05) is 6.07 Å². The summed E-state index contributed by atoms with van der Waals surface area (Å²) in [5.74, 6) is 0.0379. The fourth-order valence-electron chi connectivity index (χ4n) is 1.18. The maximum absolute atomic E-state index is 11.3. The van der Waals surface area contributed by atoms with Crippen LogP contribution >= 0.6 is 12.6 Å². The predicted molar refractivity (Wildman–Crippen MR) is 71.3 cm³/mol. The van der Waals surface area contributed by atoms with Gasteiger partial charge in [-0.2, -0.15) is 5.26 Å². The van der Waals surface area contributed by atoms with Crippen molar-refractivity contribution in [3.05, 3.63) is 29.3 Å². The van der Waals surface area contributed by atoms with E-state index < -0.39 is 6.03 Å². The number of hydrogen-bond acceptors (Lipinski definition) is 4. The first-order valence-electron chi connectivity index (χ1n) is 5.06. The van der Waals surface area contributed by atoms with Crippen molar-refractivity contribution in [2.24, 2.45) is 10.7 Å². The second-order valence-electron chi connectivity index (χ2n) is 3.38. The first-order valence-corrected chi connectivity index (χ1v) is 5.50. The number of guanidine groups is 1. The zero-order valence-electron chi connectivity index (χ0n) is 9.77. The second kappa shape index (κ2) is 6.51. The van der Waals surface area contributed by atoms with Crippen molar-refractivity contribution < 1.29 is 4.79 Å². The topological polar surface area (TPSA) is 103 Å². The molecule has 0 aliphatic carbocycles. The highest BCUT2D eigenvalue weighted by Crippen LogP contribution is 2.14. The zero-order valence-corrected chi connectivity index (χ0v) is 10.7. The third kappa shape index (κ3) is 3.99. The number of nitrogens with one attached hydrogen (secondary N) is 2. The molecule has 2 amide bonds. The van der Waals surface area contributed by atoms with E-state index in [2.05, 4.69) is 28.3 Å². The number of rotatable bonds is 2. The van der Waals surface area contributed by atoms with E-state index in [9.17, 15) is 4.79 Å². The molecule has 0 atom stereocenters. The Hall–Kier alpha value is -2.20. The van der Waals surface area contributed by atoms with E-state index in [1.54, 1.807) is 18.2 Å². The summed E-state index contributed by atoms with van der Waals surface area (Å²) in [5, 5.41) is 13.8. The van der Waals surface area contributed by atoms with E-state index in [1.165, 1.54) is 7.05 Å². The summed E-state index contributed by atoms with van der Waals surface area (Å²) in [4.78, 5) is 15.5. The molecule has 0 radical (unpaired) electrons. The molecule has 7 heteroatoms. The number of carbonyl (C=O) groups excluding carboxylic acids is 1. The number of benzene rings is 1. The molecule has 0 bridgehead atoms. The summed E-state index contributed by atoms with van der Waals surface area (Å²) in [6, 6.07) is 6.72. The molecule has 0 spiro atoms. The monoisotopic (exact) mass is 263 g/mol. The van der Waals surface area contributed by atoms with Crippen LogP contribution in [0.15, 0.2) is 28.1 Å². The summed E-state index contributed by atoms with van der Waals surface area (Å²) in [6.07, 6.45) is 0. The van der Waals surface area contributed by atoms with Crippen LogP contribution in [0.2, 0.25) is 0 Å². The Labute approximate surface area is 110 Å². The Morgan fingerprint density at radius 1 is 1.61 bits per heavy atom. The summed E-state index contributed by atoms with van der Waals surface area (Å²) >= 11 is 4.14. The number of nitrogens with zero attached hydrogens (tertiary/aromatic N) is 2. The van der Waals surface area contributed by atoms with E-state index in [4.69, 9.17) is 11.0 Å². The van der Waals surface area contributed by atoms with Gasteiger partial charge in [-0.25, -0.2) is 4.79 Å². The van der Waals surface area contributed by atoms with E-state index in [0.29, 0.717) is 10.5 Å². The molecule has 0 aliphatic heterocycles. The number of aliphatic imine (C=N–C) groups is 1. The lowest BCUT2D eigenvalue weighted by atomic mass is 10.1. The molecular weight excluding hydrogens is 250 g/mol. The standard InChI is InChI=1S/C11H13N5OS/c1-14-10(13)16-11(17)15-6-7-2-3-9(18)8(4-7)5-12/h2-4,18H,6H2,1H3,(H4,13,14,15,16,17). The van der Waals surface area contributed by atoms with Gasteiger partial charge in [0.15, 0.2) is 5.96 Å². The van der Waals surface area contributed by atoms with Crippen molar-refractivity contribution in [3.8, 4) is 6.07 Å². The van der Waals surface area contributed by atoms with Crippen LogP contribution < -0.4 is 16.4 Å². The van der Waals surface area contributed by atoms with E-state index >= 15 is 0 Å². The smallest absolute Gasteiger partial charge is 0.321 e. The van der Waals surface area contributed by atoms with Crippen molar-refractivity contribution in [1.29, 1.82) is 5.26 Å². The highest BCUT2D eigenvalue weighted by atomic mass is 32.1. The number of carbonyl (C=O) groups is 1. The average Bonchev–Trinajstić information content (AvgIpc) is 2.37. The molecule has 6 nitrogen and oxygen atoms in total. The number of urea groups is 1. The molecule has 0 fully saturated rings. The normalized spacial score (nSPS) is 10.6. The van der Waals surface area contributed by atoms with Crippen LogP contribution in [0.3, 0.4) is 0 Å². The lowest BCUT2D eigenvalue weighted by Crippen LogP contribution is -2.42. The van der Waals surface area contributed by atoms with Gasteiger partial charge in [-0.1, -0.05) is 6.07 Å². The van der Waals surface area contributed by atoms with Crippen molar-refractivity contribution in [2.45, 2.75) is 11.4 Å². The largest absolute Gasteiger partial charge is 0.370 e. The van der Waals surface area contributed by atoms with Gasteiger partial charge in [0.1, 0.15) is 6.07 Å². The average molecular weight is 263 g/mol. The van der Waals surface area contributed by atoms with Crippen molar-refractivity contribution in [2.75, 3.05) is 7.05 Å². The van der Waals surface area contributed by atoms with Gasteiger partial charge in [-0.05, 0) is 17.7 Å². The Morgan fingerprint density at radius 3 is 2.94 bits per heavy atom. The van der Waals surface area contributed by atoms with Gasteiger partial charge in [-0.3, -0.25) is 10.3 Å². The maximum atomic E-state index is 11.3. The number of nitrogens with two attached hydrogens (primary N) is 1. The maximum Gasteiger partial charge on any atom is 0.321 e. The summed E-state index contributed by atoms with van der Waals surface area (Å²) in [7, 11) is 1.47. The Morgan fingerprint density at radius 2 is 2.33 bits per heavy atom. The molecule has 1 aromatic carbocycles. The van der Waals surface area contributed by atoms with Crippen molar-refractivity contribution >= 4 is 24.6 Å². The van der Waals surface area contributed by atoms with Crippen molar-refractivity contribution in [3.63, 3.8) is 0 Å². The SMILES string of the molecule is CN=C(N)NC(=O)NCc1ccc(S)c(C#N)c1. The van der Waals surface area contributed by atoms with Crippen LogP contribution in [0.5, 0.6) is 0 Å². The molecule has 1 aromatic rings. The van der Waals surface area contributed by atoms with E-state index in [0.717, 1.165) is 5.56 Å². The highest BCUT2D eigenvalue weighted by molar-refractivity contribution is 7.80. The lowest BCUT2D eigenvalue weighted by Gasteiger charge is -2.07. The lowest BCUT2D eigenvalue weighted by molar-refractivity contribution is 0.245. The van der Waals surface area contributed by atoms with Crippen LogP contribution in [0.1, 0.15) is 11.1 Å². The number of amides is 2. The molecule has 0 saturated carbocycles. The van der Waals surface area contributed by atoms with Crippen LogP contribution in [-0.2, 0) is 6.54 Å². The minimum Gasteiger partial charge on any atom is -0.370 e. The molecule has 0 aliphatic rings. The molecule has 0 aromatic heterocycles. The van der Waals surface area contributed by atoms with Gasteiger partial charge in [-0.15, -0.1) is 12.6 Å². The molecule has 0 unspecified atom stereocenters. The fraction of sp³-hybridized carbons (Fsp3) is 0.182. The fourth-order valence-corrected chi connectivity index (χ4v) is 1.37. The third-order valence-corrected chi connectivity index (χ3v) is 2.51. The summed E-state index contributed by atoms with van der Waals surface area (Å²) < 4.78 is 0. The number of hydrogen-bond donors (Lipinski definition) is 4. The van der Waals surface area contributed by atoms with Crippen molar-refractivity contribution in [1.82, 2.24) is 10.6 Å². The van der Waals surface area contributed by atoms with Gasteiger partial charge in [0.05, 0.1) is 5.56 Å². The van der Waals surface area contributed by atoms with Crippen LogP contribution in [-0.4, -0.2) is 19.0 Å². The first kappa shape index (κ1) is 13.9. The Balaban J connectivity index is 2.59. The minimum absolute atomic E-state index is 0.0379. The van der Waals surface area contributed by atoms with Gasteiger partial charge >= 0.3 is 6.03 Å². The quantitative estimate of drug-likeness (QED) is 0.356. The zero-order chi connectivity index (χ0) is 13.5. The molecular formula is C11H13N5OS. The molecule has 0 saturated heterocycles. The second-order valence-corrected chi connectivity index (χ2v) is 3.86. The van der Waals surface area contributed by atoms with Crippen LogP contribution in [0, 0.1) is 11.3 Å². The van der Waals surface area contributed by atoms with Gasteiger partial charge < -0.3 is 11.1 Å². The number of nitriles is 1. The Bertz CT molecular complexity index is 521. The highest BCUT2D eigenvalue weighted by Gasteiger charge is 2.04. The molecule has 0 heterocycles. The first-order chi connectivity index (χ1) is 8.56. The third-order valence-electron chi connectivity index (χ3n) is 2.12.